The molecule has 108 valence electrons. The predicted octanol–water partition coefficient (Wildman–Crippen LogP) is 3.29. The summed E-state index contributed by atoms with van der Waals surface area (Å²) in [5.41, 5.74) is 3.98. The van der Waals surface area contributed by atoms with Gasteiger partial charge in [-0.15, -0.1) is 0 Å². The molecule has 3 heteroatoms. The number of benzene rings is 2. The van der Waals surface area contributed by atoms with Crippen molar-refractivity contribution in [1.82, 2.24) is 5.32 Å². The van der Waals surface area contributed by atoms with E-state index in [0.29, 0.717) is 24.1 Å². The summed E-state index contributed by atoms with van der Waals surface area (Å²) in [6, 6.07) is 12.6. The molecule has 2 nitrogen and oxygen atoms in total. The molecule has 0 bridgehead atoms. The van der Waals surface area contributed by atoms with E-state index in [2.05, 4.69) is 5.32 Å². The Morgan fingerprint density at radius 1 is 1.10 bits per heavy atom. The van der Waals surface area contributed by atoms with Crippen LogP contribution in [0.2, 0.25) is 0 Å². The van der Waals surface area contributed by atoms with Crippen LogP contribution in [0.4, 0.5) is 4.39 Å². The minimum atomic E-state index is -0.218. The molecule has 0 atom stereocenters. The van der Waals surface area contributed by atoms with Gasteiger partial charge in [0.25, 0.3) is 5.91 Å². The Morgan fingerprint density at radius 3 is 2.76 bits per heavy atom. The lowest BCUT2D eigenvalue weighted by Crippen LogP contribution is -2.26. The smallest absolute Gasteiger partial charge is 0.251 e. The number of nitrogens with one attached hydrogen (secondary N) is 1. The van der Waals surface area contributed by atoms with Gasteiger partial charge in [0.2, 0.25) is 0 Å². The number of halogens is 1. The summed E-state index contributed by atoms with van der Waals surface area (Å²) in [4.78, 5) is 12.1. The Labute approximate surface area is 124 Å². The normalized spacial score (nSPS) is 13.0. The van der Waals surface area contributed by atoms with E-state index in [1.807, 2.05) is 18.2 Å². The summed E-state index contributed by atoms with van der Waals surface area (Å²) in [5.74, 6) is -0.301. The molecule has 0 heterocycles. The Hall–Kier alpha value is -2.16. The van der Waals surface area contributed by atoms with Crippen molar-refractivity contribution in [3.8, 4) is 0 Å². The van der Waals surface area contributed by atoms with Crippen molar-refractivity contribution in [3.63, 3.8) is 0 Å². The van der Waals surface area contributed by atoms with Crippen LogP contribution in [0.5, 0.6) is 0 Å². The Kier molecular flexibility index (Phi) is 4.00. The minimum Gasteiger partial charge on any atom is -0.352 e. The van der Waals surface area contributed by atoms with Crippen LogP contribution in [0.3, 0.4) is 0 Å². The molecule has 0 saturated heterocycles. The number of hydrogen-bond donors (Lipinski definition) is 1. The van der Waals surface area contributed by atoms with Gasteiger partial charge in [0.05, 0.1) is 0 Å². The lowest BCUT2D eigenvalue weighted by atomic mass is 10.1. The van der Waals surface area contributed by atoms with Gasteiger partial charge in [0, 0.05) is 12.1 Å². The topological polar surface area (TPSA) is 29.1 Å². The maximum absolute atomic E-state index is 13.5. The van der Waals surface area contributed by atoms with Gasteiger partial charge in [-0.05, 0) is 60.6 Å². The summed E-state index contributed by atoms with van der Waals surface area (Å²) < 4.78 is 13.5. The lowest BCUT2D eigenvalue weighted by Gasteiger charge is -2.07. The number of hydrogen-bond acceptors (Lipinski definition) is 1. The van der Waals surface area contributed by atoms with Crippen molar-refractivity contribution < 1.29 is 9.18 Å². The second-order valence-electron chi connectivity index (χ2n) is 5.43. The third kappa shape index (κ3) is 3.13. The van der Waals surface area contributed by atoms with Gasteiger partial charge in [-0.1, -0.05) is 24.3 Å². The first-order valence-electron chi connectivity index (χ1n) is 7.37. The molecule has 0 spiro atoms. The Bertz CT molecular complexity index is 666. The average molecular weight is 283 g/mol. The highest BCUT2D eigenvalue weighted by molar-refractivity contribution is 5.94. The van der Waals surface area contributed by atoms with Crippen LogP contribution in [0.15, 0.2) is 42.5 Å². The third-order valence-electron chi connectivity index (χ3n) is 4.00. The predicted molar refractivity (Wildman–Crippen MR) is 80.9 cm³/mol. The van der Waals surface area contributed by atoms with E-state index >= 15 is 0 Å². The molecule has 3 rings (SSSR count). The molecule has 0 fully saturated rings. The molecular weight excluding hydrogens is 265 g/mol. The van der Waals surface area contributed by atoms with Crippen molar-refractivity contribution >= 4 is 5.91 Å². The minimum absolute atomic E-state index is 0.0824. The zero-order chi connectivity index (χ0) is 14.7. The molecular formula is C18H18FNO. The molecule has 1 N–H and O–H groups in total. The van der Waals surface area contributed by atoms with E-state index in [1.165, 1.54) is 23.6 Å². The van der Waals surface area contributed by atoms with Gasteiger partial charge in [-0.2, -0.15) is 0 Å². The molecule has 0 saturated carbocycles. The summed E-state index contributed by atoms with van der Waals surface area (Å²) in [6.45, 7) is 0.441. The van der Waals surface area contributed by atoms with E-state index in [-0.39, 0.29) is 11.7 Å². The molecule has 0 aliphatic heterocycles. The molecule has 2 aromatic carbocycles. The molecule has 0 unspecified atom stereocenters. The highest BCUT2D eigenvalue weighted by atomic mass is 19.1. The summed E-state index contributed by atoms with van der Waals surface area (Å²) in [6.07, 6.45) is 3.85. The zero-order valence-electron chi connectivity index (χ0n) is 11.9. The van der Waals surface area contributed by atoms with E-state index in [4.69, 9.17) is 0 Å². The largest absolute Gasteiger partial charge is 0.352 e. The van der Waals surface area contributed by atoms with Crippen LogP contribution < -0.4 is 5.32 Å². The third-order valence-corrected chi connectivity index (χ3v) is 4.00. The highest BCUT2D eigenvalue weighted by Crippen LogP contribution is 2.22. The van der Waals surface area contributed by atoms with Crippen LogP contribution in [-0.4, -0.2) is 12.5 Å². The number of amides is 1. The summed E-state index contributed by atoms with van der Waals surface area (Å²) in [5, 5.41) is 2.86. The van der Waals surface area contributed by atoms with Crippen LogP contribution in [0.25, 0.3) is 0 Å². The first-order chi connectivity index (χ1) is 10.2. The van der Waals surface area contributed by atoms with Gasteiger partial charge in [0.1, 0.15) is 5.82 Å². The summed E-state index contributed by atoms with van der Waals surface area (Å²) in [7, 11) is 0. The molecule has 0 aromatic heterocycles. The fourth-order valence-electron chi connectivity index (χ4n) is 2.83. The van der Waals surface area contributed by atoms with Crippen molar-refractivity contribution in [2.24, 2.45) is 0 Å². The van der Waals surface area contributed by atoms with Crippen molar-refractivity contribution in [3.05, 3.63) is 70.5 Å². The molecule has 1 aliphatic carbocycles. The van der Waals surface area contributed by atoms with Crippen LogP contribution >= 0.6 is 0 Å². The first-order valence-corrected chi connectivity index (χ1v) is 7.37. The van der Waals surface area contributed by atoms with Crippen LogP contribution in [-0.2, 0) is 19.3 Å². The van der Waals surface area contributed by atoms with Gasteiger partial charge >= 0.3 is 0 Å². The van der Waals surface area contributed by atoms with Gasteiger partial charge < -0.3 is 5.32 Å². The Morgan fingerprint density at radius 2 is 1.90 bits per heavy atom. The number of carbonyl (C=O) groups is 1. The van der Waals surface area contributed by atoms with E-state index in [1.54, 1.807) is 18.2 Å². The second-order valence-corrected chi connectivity index (χ2v) is 5.43. The van der Waals surface area contributed by atoms with Crippen molar-refractivity contribution in [2.45, 2.75) is 25.7 Å². The van der Waals surface area contributed by atoms with E-state index in [0.717, 1.165) is 12.8 Å². The van der Waals surface area contributed by atoms with Crippen molar-refractivity contribution in [1.29, 1.82) is 0 Å². The molecule has 0 radical (unpaired) electrons. The van der Waals surface area contributed by atoms with Crippen LogP contribution in [0.1, 0.15) is 33.5 Å². The highest BCUT2D eigenvalue weighted by Gasteiger charge is 2.13. The average Bonchev–Trinajstić information content (AvgIpc) is 2.96. The number of carbonyl (C=O) groups excluding carboxylic acids is 1. The number of fused-ring (bicyclic) bond motifs is 1. The van der Waals surface area contributed by atoms with E-state index in [9.17, 15) is 9.18 Å². The van der Waals surface area contributed by atoms with Crippen LogP contribution in [0, 0.1) is 5.82 Å². The fraction of sp³-hybridized carbons (Fsp3) is 0.278. The molecule has 1 aliphatic rings. The molecule has 1 amide bonds. The second kappa shape index (κ2) is 6.08. The monoisotopic (exact) mass is 283 g/mol. The maximum atomic E-state index is 13.5. The van der Waals surface area contributed by atoms with Gasteiger partial charge in [-0.25, -0.2) is 4.39 Å². The van der Waals surface area contributed by atoms with E-state index < -0.39 is 0 Å². The number of aryl methyl sites for hydroxylation is 2. The quantitative estimate of drug-likeness (QED) is 0.916. The lowest BCUT2D eigenvalue weighted by molar-refractivity contribution is 0.0954. The standard InChI is InChI=1S/C18H18FNO/c19-17-7-2-1-4-14(17)10-11-20-18(21)16-9-8-13-5-3-6-15(13)12-16/h1-2,4,7-9,12H,3,5-6,10-11H2,(H,20,21). The van der Waals surface area contributed by atoms with Gasteiger partial charge in [-0.3, -0.25) is 4.79 Å². The van der Waals surface area contributed by atoms with Gasteiger partial charge in [0.15, 0.2) is 0 Å². The molecule has 21 heavy (non-hydrogen) atoms. The maximum Gasteiger partial charge on any atom is 0.251 e. The first kappa shape index (κ1) is 13.8. The fourth-order valence-corrected chi connectivity index (χ4v) is 2.83. The summed E-state index contributed by atoms with van der Waals surface area (Å²) >= 11 is 0. The van der Waals surface area contributed by atoms with Crippen molar-refractivity contribution in [2.75, 3.05) is 6.54 Å². The Balaban J connectivity index is 1.58. The number of rotatable bonds is 4. The zero-order valence-corrected chi connectivity index (χ0v) is 11.9. The molecule has 2 aromatic rings. The SMILES string of the molecule is O=C(NCCc1ccccc1F)c1ccc2c(c1)CCC2.